The van der Waals surface area contributed by atoms with Crippen molar-refractivity contribution in [3.8, 4) is 5.75 Å². The van der Waals surface area contributed by atoms with Crippen LogP contribution in [0.3, 0.4) is 0 Å². The highest BCUT2D eigenvalue weighted by atomic mass is 32.1. The van der Waals surface area contributed by atoms with Crippen molar-refractivity contribution >= 4 is 28.9 Å². The summed E-state index contributed by atoms with van der Waals surface area (Å²) in [5.41, 5.74) is 3.65. The second kappa shape index (κ2) is 7.93. The van der Waals surface area contributed by atoms with Crippen molar-refractivity contribution in [2.75, 3.05) is 5.32 Å². The average molecular weight is 342 g/mol. The number of ether oxygens (including phenoxy) is 1. The monoisotopic (exact) mass is 342 g/mol. The number of hydrogen-bond donors (Lipinski definition) is 2. The fourth-order valence-corrected chi connectivity index (χ4v) is 2.55. The summed E-state index contributed by atoms with van der Waals surface area (Å²) in [6.07, 6.45) is 0.0965. The molecule has 0 saturated carbocycles. The fourth-order valence-electron chi connectivity index (χ4n) is 2.34. The Kier molecular flexibility index (Phi) is 5.93. The van der Waals surface area contributed by atoms with Crippen LogP contribution in [0.1, 0.15) is 35.3 Å². The molecule has 2 aromatic rings. The molecule has 4 nitrogen and oxygen atoms in total. The van der Waals surface area contributed by atoms with E-state index < -0.39 is 0 Å². The Balaban J connectivity index is 1.97. The molecule has 126 valence electrons. The Morgan fingerprint density at radius 3 is 2.17 bits per heavy atom. The highest BCUT2D eigenvalue weighted by Crippen LogP contribution is 2.15. The Morgan fingerprint density at radius 2 is 1.62 bits per heavy atom. The first-order valence-electron chi connectivity index (χ1n) is 7.81. The molecule has 2 aromatic carbocycles. The number of aryl methyl sites for hydroxylation is 2. The van der Waals surface area contributed by atoms with Crippen LogP contribution >= 0.6 is 12.2 Å². The van der Waals surface area contributed by atoms with Crippen molar-refractivity contribution in [3.05, 3.63) is 59.2 Å². The molecule has 1 amide bonds. The van der Waals surface area contributed by atoms with Crippen molar-refractivity contribution in [1.29, 1.82) is 0 Å². The zero-order valence-electron chi connectivity index (χ0n) is 14.3. The topological polar surface area (TPSA) is 50.4 Å². The van der Waals surface area contributed by atoms with Gasteiger partial charge in [0, 0.05) is 11.3 Å². The van der Waals surface area contributed by atoms with Gasteiger partial charge in [-0.2, -0.15) is 0 Å². The summed E-state index contributed by atoms with van der Waals surface area (Å²) in [6.45, 7) is 7.94. The smallest absolute Gasteiger partial charge is 0.257 e. The number of benzene rings is 2. The van der Waals surface area contributed by atoms with Gasteiger partial charge in [-0.1, -0.05) is 6.07 Å². The van der Waals surface area contributed by atoms with E-state index >= 15 is 0 Å². The van der Waals surface area contributed by atoms with E-state index in [9.17, 15) is 4.79 Å². The van der Waals surface area contributed by atoms with Gasteiger partial charge in [0.1, 0.15) is 5.75 Å². The second-order valence-corrected chi connectivity index (χ2v) is 6.38. The third-order valence-electron chi connectivity index (χ3n) is 3.19. The lowest BCUT2D eigenvalue weighted by molar-refractivity contribution is 0.0977. The molecule has 0 unspecified atom stereocenters. The SMILES string of the molecule is Cc1cc(C)cc(NC(=S)NC(=O)c2ccc(OC(C)C)cc2)c1. The quantitative estimate of drug-likeness (QED) is 0.817. The van der Waals surface area contributed by atoms with Gasteiger partial charge in [-0.15, -0.1) is 0 Å². The van der Waals surface area contributed by atoms with Crippen LogP contribution in [0.15, 0.2) is 42.5 Å². The average Bonchev–Trinajstić information content (AvgIpc) is 2.45. The molecular formula is C19H22N2O2S. The Labute approximate surface area is 148 Å². The summed E-state index contributed by atoms with van der Waals surface area (Å²) in [5.74, 6) is 0.477. The zero-order valence-corrected chi connectivity index (χ0v) is 15.2. The van der Waals surface area contributed by atoms with Gasteiger partial charge >= 0.3 is 0 Å². The van der Waals surface area contributed by atoms with Crippen molar-refractivity contribution in [2.24, 2.45) is 0 Å². The van der Waals surface area contributed by atoms with Crippen molar-refractivity contribution in [3.63, 3.8) is 0 Å². The number of carbonyl (C=O) groups is 1. The summed E-state index contributed by atoms with van der Waals surface area (Å²) in [7, 11) is 0. The summed E-state index contributed by atoms with van der Waals surface area (Å²) in [6, 6.07) is 13.0. The fraction of sp³-hybridized carbons (Fsp3) is 0.263. The van der Waals surface area contributed by atoms with Crippen LogP contribution in [0.2, 0.25) is 0 Å². The molecule has 0 aliphatic carbocycles. The van der Waals surface area contributed by atoms with Gasteiger partial charge in [-0.3, -0.25) is 10.1 Å². The van der Waals surface area contributed by atoms with Gasteiger partial charge in [0.25, 0.3) is 5.91 Å². The molecule has 0 saturated heterocycles. The molecule has 0 aliphatic rings. The standard InChI is InChI=1S/C19H22N2O2S/c1-12(2)23-17-7-5-15(6-8-17)18(22)21-19(24)20-16-10-13(3)9-14(4)11-16/h5-12H,1-4H3,(H2,20,21,22,24). The predicted octanol–water partition coefficient (Wildman–Crippen LogP) is 4.22. The Hall–Kier alpha value is -2.40. The molecule has 0 bridgehead atoms. The van der Waals surface area contributed by atoms with Crippen molar-refractivity contribution in [1.82, 2.24) is 5.32 Å². The van der Waals surface area contributed by atoms with Gasteiger partial charge in [-0.05, 0) is 87.4 Å². The minimum Gasteiger partial charge on any atom is -0.491 e. The van der Waals surface area contributed by atoms with E-state index in [1.54, 1.807) is 24.3 Å². The Bertz CT molecular complexity index is 719. The Morgan fingerprint density at radius 1 is 1.04 bits per heavy atom. The number of thiocarbonyl (C=S) groups is 1. The first-order chi connectivity index (χ1) is 11.3. The number of anilines is 1. The van der Waals surface area contributed by atoms with Crippen LogP contribution in [0.4, 0.5) is 5.69 Å². The molecule has 0 aliphatic heterocycles. The lowest BCUT2D eigenvalue weighted by Gasteiger charge is -2.12. The van der Waals surface area contributed by atoms with Crippen LogP contribution < -0.4 is 15.4 Å². The molecule has 0 atom stereocenters. The molecule has 5 heteroatoms. The third kappa shape index (κ3) is 5.35. The second-order valence-electron chi connectivity index (χ2n) is 5.98. The van der Waals surface area contributed by atoms with E-state index in [2.05, 4.69) is 16.7 Å². The maximum absolute atomic E-state index is 12.2. The molecule has 0 heterocycles. The van der Waals surface area contributed by atoms with Crippen LogP contribution in [0, 0.1) is 13.8 Å². The van der Waals surface area contributed by atoms with Gasteiger partial charge in [-0.25, -0.2) is 0 Å². The van der Waals surface area contributed by atoms with Crippen LogP contribution in [-0.2, 0) is 0 Å². The van der Waals surface area contributed by atoms with Crippen molar-refractivity contribution in [2.45, 2.75) is 33.8 Å². The van der Waals surface area contributed by atoms with Gasteiger partial charge < -0.3 is 10.1 Å². The summed E-state index contributed by atoms with van der Waals surface area (Å²) in [5, 5.41) is 5.99. The normalized spacial score (nSPS) is 10.4. The zero-order chi connectivity index (χ0) is 17.7. The van der Waals surface area contributed by atoms with Crippen molar-refractivity contribution < 1.29 is 9.53 Å². The minimum atomic E-state index is -0.257. The number of carbonyl (C=O) groups excluding carboxylic acids is 1. The number of hydrogen-bond acceptors (Lipinski definition) is 3. The third-order valence-corrected chi connectivity index (χ3v) is 3.40. The van der Waals surface area contributed by atoms with Crippen LogP contribution in [-0.4, -0.2) is 17.1 Å². The van der Waals surface area contributed by atoms with E-state index in [1.807, 2.05) is 39.8 Å². The summed E-state index contributed by atoms with van der Waals surface area (Å²) < 4.78 is 5.56. The molecular weight excluding hydrogens is 320 g/mol. The highest BCUT2D eigenvalue weighted by molar-refractivity contribution is 7.80. The van der Waals surface area contributed by atoms with E-state index in [0.717, 1.165) is 22.6 Å². The summed E-state index contributed by atoms with van der Waals surface area (Å²) >= 11 is 5.21. The molecule has 0 radical (unpaired) electrons. The van der Waals surface area contributed by atoms with E-state index in [-0.39, 0.29) is 17.1 Å². The lowest BCUT2D eigenvalue weighted by atomic mass is 10.1. The van der Waals surface area contributed by atoms with E-state index in [1.165, 1.54) is 0 Å². The van der Waals surface area contributed by atoms with E-state index in [4.69, 9.17) is 17.0 Å². The predicted molar refractivity (Wildman–Crippen MR) is 102 cm³/mol. The molecule has 2 N–H and O–H groups in total. The maximum Gasteiger partial charge on any atom is 0.257 e. The highest BCUT2D eigenvalue weighted by Gasteiger charge is 2.09. The first kappa shape index (κ1) is 17.9. The number of amides is 1. The van der Waals surface area contributed by atoms with E-state index in [0.29, 0.717) is 5.56 Å². The minimum absolute atomic E-state index is 0.0965. The van der Waals surface area contributed by atoms with Gasteiger partial charge in [0.05, 0.1) is 6.10 Å². The summed E-state index contributed by atoms with van der Waals surface area (Å²) in [4.78, 5) is 12.2. The molecule has 2 rings (SSSR count). The lowest BCUT2D eigenvalue weighted by Crippen LogP contribution is -2.34. The molecule has 0 spiro atoms. The molecule has 24 heavy (non-hydrogen) atoms. The number of rotatable bonds is 4. The first-order valence-corrected chi connectivity index (χ1v) is 8.21. The number of nitrogens with one attached hydrogen (secondary N) is 2. The molecule has 0 fully saturated rings. The van der Waals surface area contributed by atoms with Crippen LogP contribution in [0.5, 0.6) is 5.75 Å². The van der Waals surface area contributed by atoms with Crippen LogP contribution in [0.25, 0.3) is 0 Å². The largest absolute Gasteiger partial charge is 0.491 e. The maximum atomic E-state index is 12.2. The van der Waals surface area contributed by atoms with Gasteiger partial charge in [0.15, 0.2) is 5.11 Å². The van der Waals surface area contributed by atoms with Gasteiger partial charge in [0.2, 0.25) is 0 Å². The molecule has 0 aromatic heterocycles.